The number of carbonyl (C=O) groups is 1. The number of likely N-dealkylation sites (N-methyl/N-ethyl adjacent to an activating group) is 1. The van der Waals surface area contributed by atoms with Crippen LogP contribution in [0.15, 0.2) is 29.8 Å². The molecular weight excluding hydrogens is 262 g/mol. The van der Waals surface area contributed by atoms with Crippen LogP contribution >= 0.6 is 0 Å². The van der Waals surface area contributed by atoms with Gasteiger partial charge < -0.3 is 9.64 Å². The SMILES string of the molecule is CN(C(=O)C1=Cc2ccccc2OC1)C1CCCCCC1. The van der Waals surface area contributed by atoms with Crippen LogP contribution in [0.3, 0.4) is 0 Å². The van der Waals surface area contributed by atoms with Crippen LogP contribution in [-0.4, -0.2) is 30.5 Å². The molecule has 0 N–H and O–H groups in total. The highest BCUT2D eigenvalue weighted by Gasteiger charge is 2.25. The minimum absolute atomic E-state index is 0.122. The quantitative estimate of drug-likeness (QED) is 0.776. The van der Waals surface area contributed by atoms with Gasteiger partial charge in [0.25, 0.3) is 5.91 Å². The predicted octanol–water partition coefficient (Wildman–Crippen LogP) is 3.64. The number of hydrogen-bond acceptors (Lipinski definition) is 2. The molecule has 21 heavy (non-hydrogen) atoms. The lowest BCUT2D eigenvalue weighted by Gasteiger charge is -2.29. The zero-order valence-electron chi connectivity index (χ0n) is 12.7. The summed E-state index contributed by atoms with van der Waals surface area (Å²) in [6, 6.07) is 8.26. The van der Waals surface area contributed by atoms with E-state index in [0.717, 1.165) is 29.7 Å². The third-order valence-electron chi connectivity index (χ3n) is 4.60. The largest absolute Gasteiger partial charge is 0.488 e. The lowest BCUT2D eigenvalue weighted by atomic mass is 10.0. The molecule has 3 rings (SSSR count). The molecule has 3 heteroatoms. The van der Waals surface area contributed by atoms with Crippen LogP contribution in [0.4, 0.5) is 0 Å². The second-order valence-electron chi connectivity index (χ2n) is 6.06. The van der Waals surface area contributed by atoms with Crippen molar-refractivity contribution in [2.45, 2.75) is 44.6 Å². The maximum Gasteiger partial charge on any atom is 0.253 e. The van der Waals surface area contributed by atoms with Crippen LogP contribution < -0.4 is 4.74 Å². The Kier molecular flexibility index (Phi) is 4.28. The fourth-order valence-electron chi connectivity index (χ4n) is 3.28. The van der Waals surface area contributed by atoms with Crippen molar-refractivity contribution in [3.05, 3.63) is 35.4 Å². The van der Waals surface area contributed by atoms with E-state index in [-0.39, 0.29) is 5.91 Å². The van der Waals surface area contributed by atoms with E-state index in [1.807, 2.05) is 42.3 Å². The highest BCUT2D eigenvalue weighted by atomic mass is 16.5. The second-order valence-corrected chi connectivity index (χ2v) is 6.06. The molecule has 2 aliphatic rings. The molecule has 1 aliphatic carbocycles. The van der Waals surface area contributed by atoms with Crippen LogP contribution in [0, 0.1) is 0 Å². The summed E-state index contributed by atoms with van der Waals surface area (Å²) < 4.78 is 5.70. The first-order valence-corrected chi connectivity index (χ1v) is 7.95. The molecule has 3 nitrogen and oxygen atoms in total. The zero-order valence-corrected chi connectivity index (χ0v) is 12.7. The van der Waals surface area contributed by atoms with Crippen molar-refractivity contribution < 1.29 is 9.53 Å². The van der Waals surface area contributed by atoms with Gasteiger partial charge in [-0.2, -0.15) is 0 Å². The number of carbonyl (C=O) groups excluding carboxylic acids is 1. The van der Waals surface area contributed by atoms with Crippen molar-refractivity contribution in [2.75, 3.05) is 13.7 Å². The van der Waals surface area contributed by atoms with E-state index < -0.39 is 0 Å². The Bertz CT molecular complexity index is 542. The Morgan fingerprint density at radius 3 is 2.62 bits per heavy atom. The summed E-state index contributed by atoms with van der Waals surface area (Å²) in [5.41, 5.74) is 1.77. The van der Waals surface area contributed by atoms with E-state index in [4.69, 9.17) is 4.74 Å². The van der Waals surface area contributed by atoms with Crippen LogP contribution in [0.25, 0.3) is 6.08 Å². The standard InChI is InChI=1S/C18H23NO2/c1-19(16-9-4-2-3-5-10-16)18(20)15-12-14-8-6-7-11-17(14)21-13-15/h6-8,11-12,16H,2-5,9-10,13H2,1H3. The van der Waals surface area contributed by atoms with Crippen molar-refractivity contribution in [2.24, 2.45) is 0 Å². The number of fused-ring (bicyclic) bond motifs is 1. The van der Waals surface area contributed by atoms with Crippen molar-refractivity contribution in [3.8, 4) is 5.75 Å². The van der Waals surface area contributed by atoms with Gasteiger partial charge in [-0.25, -0.2) is 0 Å². The average Bonchev–Trinajstić information content (AvgIpc) is 2.82. The lowest BCUT2D eigenvalue weighted by Crippen LogP contribution is -2.39. The number of benzene rings is 1. The molecule has 1 aromatic carbocycles. The minimum atomic E-state index is 0.122. The minimum Gasteiger partial charge on any atom is -0.488 e. The van der Waals surface area contributed by atoms with Gasteiger partial charge in [0.2, 0.25) is 0 Å². The van der Waals surface area contributed by atoms with Crippen LogP contribution in [0.1, 0.15) is 44.1 Å². The van der Waals surface area contributed by atoms with E-state index >= 15 is 0 Å². The van der Waals surface area contributed by atoms with Crippen molar-refractivity contribution >= 4 is 12.0 Å². The summed E-state index contributed by atoms with van der Waals surface area (Å²) in [6.45, 7) is 0.382. The molecule has 0 saturated heterocycles. The van der Waals surface area contributed by atoms with Gasteiger partial charge >= 0.3 is 0 Å². The van der Waals surface area contributed by atoms with Gasteiger partial charge in [-0.05, 0) is 25.0 Å². The average molecular weight is 285 g/mol. The van der Waals surface area contributed by atoms with E-state index in [9.17, 15) is 4.79 Å². The van der Waals surface area contributed by atoms with Gasteiger partial charge in [0.05, 0.1) is 5.57 Å². The number of rotatable bonds is 2. The lowest BCUT2D eigenvalue weighted by molar-refractivity contribution is -0.128. The Balaban J connectivity index is 1.74. The number of amides is 1. The highest BCUT2D eigenvalue weighted by Crippen LogP contribution is 2.28. The van der Waals surface area contributed by atoms with Crippen LogP contribution in [0.2, 0.25) is 0 Å². The molecule has 0 radical (unpaired) electrons. The fraction of sp³-hybridized carbons (Fsp3) is 0.500. The Labute approximate surface area is 126 Å². The van der Waals surface area contributed by atoms with Crippen molar-refractivity contribution in [1.29, 1.82) is 0 Å². The second kappa shape index (κ2) is 6.33. The molecule has 1 aliphatic heterocycles. The van der Waals surface area contributed by atoms with Gasteiger partial charge in [-0.1, -0.05) is 43.9 Å². The normalized spacial score (nSPS) is 19.0. The number of hydrogen-bond donors (Lipinski definition) is 0. The van der Waals surface area contributed by atoms with E-state index in [1.54, 1.807) is 0 Å². The molecule has 0 aromatic heterocycles. The third-order valence-corrected chi connectivity index (χ3v) is 4.60. The molecule has 0 atom stereocenters. The van der Waals surface area contributed by atoms with Gasteiger partial charge in [-0.3, -0.25) is 4.79 Å². The summed E-state index contributed by atoms with van der Waals surface area (Å²) >= 11 is 0. The van der Waals surface area contributed by atoms with E-state index in [0.29, 0.717) is 12.6 Å². The fourth-order valence-corrected chi connectivity index (χ4v) is 3.28. The van der Waals surface area contributed by atoms with Crippen LogP contribution in [0.5, 0.6) is 5.75 Å². The smallest absolute Gasteiger partial charge is 0.253 e. The van der Waals surface area contributed by atoms with Gasteiger partial charge in [-0.15, -0.1) is 0 Å². The first-order valence-electron chi connectivity index (χ1n) is 7.95. The van der Waals surface area contributed by atoms with Gasteiger partial charge in [0.1, 0.15) is 12.4 Å². The Morgan fingerprint density at radius 1 is 1.14 bits per heavy atom. The number of ether oxygens (including phenoxy) is 1. The van der Waals surface area contributed by atoms with Gasteiger partial charge in [0.15, 0.2) is 0 Å². The zero-order chi connectivity index (χ0) is 14.7. The molecule has 1 saturated carbocycles. The monoisotopic (exact) mass is 285 g/mol. The maximum absolute atomic E-state index is 12.7. The topological polar surface area (TPSA) is 29.5 Å². The van der Waals surface area contributed by atoms with E-state index in [2.05, 4.69) is 0 Å². The Morgan fingerprint density at radius 2 is 1.86 bits per heavy atom. The van der Waals surface area contributed by atoms with Crippen molar-refractivity contribution in [3.63, 3.8) is 0 Å². The van der Waals surface area contributed by atoms with Gasteiger partial charge in [0, 0.05) is 18.7 Å². The van der Waals surface area contributed by atoms with E-state index in [1.165, 1.54) is 25.7 Å². The maximum atomic E-state index is 12.7. The van der Waals surface area contributed by atoms with Crippen LogP contribution in [-0.2, 0) is 4.79 Å². The molecule has 0 spiro atoms. The predicted molar refractivity (Wildman–Crippen MR) is 84.2 cm³/mol. The van der Waals surface area contributed by atoms with Crippen molar-refractivity contribution in [1.82, 2.24) is 4.90 Å². The first-order chi connectivity index (χ1) is 10.3. The molecule has 0 bridgehead atoms. The molecule has 1 amide bonds. The molecule has 1 heterocycles. The highest BCUT2D eigenvalue weighted by molar-refractivity contribution is 5.99. The number of para-hydroxylation sites is 1. The summed E-state index contributed by atoms with van der Waals surface area (Å²) in [5.74, 6) is 0.988. The molecule has 1 fully saturated rings. The molecule has 112 valence electrons. The molecular formula is C18H23NO2. The summed E-state index contributed by atoms with van der Waals surface area (Å²) in [6.07, 6.45) is 9.32. The summed E-state index contributed by atoms with van der Waals surface area (Å²) in [7, 11) is 1.94. The first kappa shape index (κ1) is 14.2. The number of nitrogens with zero attached hydrogens (tertiary/aromatic N) is 1. The molecule has 0 unspecified atom stereocenters. The summed E-state index contributed by atoms with van der Waals surface area (Å²) in [5, 5.41) is 0. The Hall–Kier alpha value is -1.77. The molecule has 1 aromatic rings. The summed E-state index contributed by atoms with van der Waals surface area (Å²) in [4.78, 5) is 14.6. The third kappa shape index (κ3) is 3.12.